The van der Waals surface area contributed by atoms with E-state index in [1.165, 1.54) is 11.1 Å². The van der Waals surface area contributed by atoms with Crippen molar-refractivity contribution in [2.75, 3.05) is 6.54 Å². The maximum atomic E-state index is 13.3. The molecule has 39 heavy (non-hydrogen) atoms. The van der Waals surface area contributed by atoms with Crippen LogP contribution in [-0.4, -0.2) is 23.3 Å². The molecule has 2 amide bonds. The molecular weight excluding hydrogens is 488 g/mol. The SMILES string of the molecule is Cc1ccc([C@H]2c3cc(OCc4ccc(C(=O)NCc5ccccc5)o4)ccc3CCN2C(=O)C2CC2)cc1. The summed E-state index contributed by atoms with van der Waals surface area (Å²) >= 11 is 0. The number of carbonyl (C=O) groups is 2. The quantitative estimate of drug-likeness (QED) is 0.310. The normalized spacial score (nSPS) is 16.4. The van der Waals surface area contributed by atoms with E-state index in [4.69, 9.17) is 9.15 Å². The van der Waals surface area contributed by atoms with Crippen molar-refractivity contribution in [2.24, 2.45) is 5.92 Å². The highest BCUT2D eigenvalue weighted by atomic mass is 16.5. The van der Waals surface area contributed by atoms with Crippen LogP contribution in [0.3, 0.4) is 0 Å². The van der Waals surface area contributed by atoms with Crippen LogP contribution in [0.4, 0.5) is 0 Å². The molecule has 0 spiro atoms. The van der Waals surface area contributed by atoms with Crippen molar-refractivity contribution in [3.8, 4) is 5.75 Å². The first-order chi connectivity index (χ1) is 19.0. The van der Waals surface area contributed by atoms with Gasteiger partial charge in [0.25, 0.3) is 5.91 Å². The summed E-state index contributed by atoms with van der Waals surface area (Å²) in [5, 5.41) is 2.88. The van der Waals surface area contributed by atoms with Crippen molar-refractivity contribution in [3.05, 3.63) is 124 Å². The van der Waals surface area contributed by atoms with Crippen LogP contribution in [-0.2, 0) is 24.4 Å². The molecule has 1 aliphatic heterocycles. The molecule has 1 saturated carbocycles. The van der Waals surface area contributed by atoms with Gasteiger partial charge >= 0.3 is 0 Å². The maximum absolute atomic E-state index is 13.3. The highest BCUT2D eigenvalue weighted by Crippen LogP contribution is 2.41. The van der Waals surface area contributed by atoms with Crippen molar-refractivity contribution >= 4 is 11.8 Å². The molecule has 0 bridgehead atoms. The minimum absolute atomic E-state index is 0.130. The molecule has 198 valence electrons. The molecule has 6 heteroatoms. The van der Waals surface area contributed by atoms with E-state index in [1.807, 2.05) is 36.4 Å². The lowest BCUT2D eigenvalue weighted by molar-refractivity contribution is -0.134. The van der Waals surface area contributed by atoms with E-state index in [0.717, 1.165) is 42.5 Å². The summed E-state index contributed by atoms with van der Waals surface area (Å²) in [6.07, 6.45) is 2.80. The average Bonchev–Trinajstić information content (AvgIpc) is 3.72. The van der Waals surface area contributed by atoms with Gasteiger partial charge in [-0.25, -0.2) is 0 Å². The molecule has 2 heterocycles. The van der Waals surface area contributed by atoms with Crippen LogP contribution >= 0.6 is 0 Å². The minimum atomic E-state index is -0.264. The van der Waals surface area contributed by atoms with Crippen molar-refractivity contribution in [3.63, 3.8) is 0 Å². The Morgan fingerprint density at radius 2 is 1.77 bits per heavy atom. The fourth-order valence-electron chi connectivity index (χ4n) is 5.19. The van der Waals surface area contributed by atoms with Crippen LogP contribution in [0.25, 0.3) is 0 Å². The molecule has 1 aromatic heterocycles. The Morgan fingerprint density at radius 3 is 2.54 bits per heavy atom. The van der Waals surface area contributed by atoms with E-state index in [-0.39, 0.29) is 36.1 Å². The molecule has 1 aliphatic carbocycles. The summed E-state index contributed by atoms with van der Waals surface area (Å²) in [7, 11) is 0. The zero-order valence-electron chi connectivity index (χ0n) is 22.1. The largest absolute Gasteiger partial charge is 0.486 e. The lowest BCUT2D eigenvalue weighted by Gasteiger charge is -2.38. The van der Waals surface area contributed by atoms with Crippen LogP contribution < -0.4 is 10.1 Å². The number of furan rings is 1. The number of amides is 2. The van der Waals surface area contributed by atoms with Gasteiger partial charge in [-0.05, 0) is 72.7 Å². The van der Waals surface area contributed by atoms with Gasteiger partial charge in [-0.1, -0.05) is 66.2 Å². The molecule has 2 aliphatic rings. The first kappa shape index (κ1) is 25.0. The zero-order chi connectivity index (χ0) is 26.8. The smallest absolute Gasteiger partial charge is 0.287 e. The number of benzene rings is 3. The third-order valence-corrected chi connectivity index (χ3v) is 7.51. The lowest BCUT2D eigenvalue weighted by Crippen LogP contribution is -2.41. The van der Waals surface area contributed by atoms with E-state index < -0.39 is 0 Å². The molecule has 1 fully saturated rings. The molecule has 6 nitrogen and oxygen atoms in total. The Hall–Kier alpha value is -4.32. The third kappa shape index (κ3) is 5.60. The minimum Gasteiger partial charge on any atom is -0.486 e. The predicted octanol–water partition coefficient (Wildman–Crippen LogP) is 5.98. The molecule has 6 rings (SSSR count). The Labute approximate surface area is 228 Å². The van der Waals surface area contributed by atoms with Gasteiger partial charge in [0.1, 0.15) is 18.1 Å². The Morgan fingerprint density at radius 1 is 0.974 bits per heavy atom. The summed E-state index contributed by atoms with van der Waals surface area (Å²) in [6, 6.07) is 27.7. The van der Waals surface area contributed by atoms with E-state index in [2.05, 4.69) is 53.5 Å². The number of fused-ring (bicyclic) bond motifs is 1. The van der Waals surface area contributed by atoms with Crippen molar-refractivity contribution < 1.29 is 18.7 Å². The van der Waals surface area contributed by atoms with Crippen molar-refractivity contribution in [2.45, 2.75) is 45.4 Å². The van der Waals surface area contributed by atoms with Gasteiger partial charge in [0.2, 0.25) is 5.91 Å². The van der Waals surface area contributed by atoms with Gasteiger partial charge in [-0.15, -0.1) is 0 Å². The third-order valence-electron chi connectivity index (χ3n) is 7.51. The number of hydrogen-bond donors (Lipinski definition) is 1. The number of nitrogens with zero attached hydrogens (tertiary/aromatic N) is 1. The molecule has 0 unspecified atom stereocenters. The van der Waals surface area contributed by atoms with Crippen LogP contribution in [0.5, 0.6) is 5.75 Å². The van der Waals surface area contributed by atoms with Crippen LogP contribution in [0.2, 0.25) is 0 Å². The number of nitrogens with one attached hydrogen (secondary N) is 1. The molecule has 4 aromatic rings. The summed E-state index contributed by atoms with van der Waals surface area (Å²) in [4.78, 5) is 27.8. The van der Waals surface area contributed by atoms with Crippen LogP contribution in [0, 0.1) is 12.8 Å². The van der Waals surface area contributed by atoms with Gasteiger partial charge in [0.15, 0.2) is 5.76 Å². The zero-order valence-corrected chi connectivity index (χ0v) is 22.1. The van der Waals surface area contributed by atoms with Gasteiger partial charge in [0, 0.05) is 19.0 Å². The second-order valence-corrected chi connectivity index (χ2v) is 10.5. The van der Waals surface area contributed by atoms with E-state index in [0.29, 0.717) is 18.1 Å². The first-order valence-electron chi connectivity index (χ1n) is 13.6. The molecule has 1 N–H and O–H groups in total. The van der Waals surface area contributed by atoms with Gasteiger partial charge in [0.05, 0.1) is 6.04 Å². The Kier molecular flexibility index (Phi) is 6.93. The fourth-order valence-corrected chi connectivity index (χ4v) is 5.19. The summed E-state index contributed by atoms with van der Waals surface area (Å²) in [5.74, 6) is 1.68. The van der Waals surface area contributed by atoms with Gasteiger partial charge in [-0.3, -0.25) is 9.59 Å². The highest BCUT2D eigenvalue weighted by molar-refractivity contribution is 5.91. The molecule has 0 saturated heterocycles. The van der Waals surface area contributed by atoms with Crippen LogP contribution in [0.1, 0.15) is 63.0 Å². The van der Waals surface area contributed by atoms with Gasteiger partial charge < -0.3 is 19.4 Å². The molecule has 3 aromatic carbocycles. The maximum Gasteiger partial charge on any atom is 0.287 e. The molecule has 0 radical (unpaired) electrons. The number of carbonyl (C=O) groups excluding carboxylic acids is 2. The van der Waals surface area contributed by atoms with E-state index >= 15 is 0 Å². The standard InChI is InChI=1S/C33H32N2O4/c1-22-7-9-25(10-8-22)31-29-19-27(14-13-24(29)17-18-35(31)33(37)26-11-12-26)38-21-28-15-16-30(39-28)32(36)34-20-23-5-3-2-4-6-23/h2-10,13-16,19,26,31H,11-12,17-18,20-21H2,1H3,(H,34,36)/t31-/m0/s1. The number of aryl methyl sites for hydroxylation is 1. The number of ether oxygens (including phenoxy) is 1. The van der Waals surface area contributed by atoms with Crippen molar-refractivity contribution in [1.29, 1.82) is 0 Å². The monoisotopic (exact) mass is 520 g/mol. The van der Waals surface area contributed by atoms with Gasteiger partial charge in [-0.2, -0.15) is 0 Å². The topological polar surface area (TPSA) is 71.8 Å². The number of rotatable bonds is 8. The van der Waals surface area contributed by atoms with E-state index in [1.54, 1.807) is 12.1 Å². The molecule has 1 atom stereocenters. The second kappa shape index (κ2) is 10.8. The summed E-state index contributed by atoms with van der Waals surface area (Å²) in [5.41, 5.74) is 5.68. The second-order valence-electron chi connectivity index (χ2n) is 10.5. The summed E-state index contributed by atoms with van der Waals surface area (Å²) in [6.45, 7) is 3.43. The summed E-state index contributed by atoms with van der Waals surface area (Å²) < 4.78 is 11.9. The van der Waals surface area contributed by atoms with Crippen molar-refractivity contribution in [1.82, 2.24) is 10.2 Å². The first-order valence-corrected chi connectivity index (χ1v) is 13.6. The average molecular weight is 521 g/mol. The van der Waals surface area contributed by atoms with Crippen LogP contribution in [0.15, 0.2) is 89.3 Å². The number of hydrogen-bond acceptors (Lipinski definition) is 4. The highest BCUT2D eigenvalue weighted by Gasteiger charge is 2.39. The Balaban J connectivity index is 1.17. The lowest BCUT2D eigenvalue weighted by atomic mass is 9.87. The predicted molar refractivity (Wildman–Crippen MR) is 148 cm³/mol. The van der Waals surface area contributed by atoms with E-state index in [9.17, 15) is 9.59 Å². The molecular formula is C33H32N2O4. The Bertz CT molecular complexity index is 1470. The fraction of sp³-hybridized carbons (Fsp3) is 0.273.